The summed E-state index contributed by atoms with van der Waals surface area (Å²) >= 11 is 0. The Morgan fingerprint density at radius 2 is 2.22 bits per heavy atom. The molecule has 2 aromatic rings. The van der Waals surface area contributed by atoms with Crippen LogP contribution in [0.2, 0.25) is 0 Å². The molecule has 0 aromatic carbocycles. The lowest BCUT2D eigenvalue weighted by Crippen LogP contribution is -2.06. The number of aliphatic hydroxyl groups excluding tert-OH is 1. The number of hydrogen-bond donors (Lipinski definition) is 1. The number of aromatic nitrogens is 4. The Labute approximate surface area is 107 Å². The van der Waals surface area contributed by atoms with Gasteiger partial charge in [0.1, 0.15) is 0 Å². The van der Waals surface area contributed by atoms with E-state index in [1.165, 1.54) is 0 Å². The van der Waals surface area contributed by atoms with Crippen LogP contribution in [0.5, 0.6) is 0 Å². The summed E-state index contributed by atoms with van der Waals surface area (Å²) < 4.78 is 3.68. The van der Waals surface area contributed by atoms with E-state index in [2.05, 4.69) is 17.1 Å². The lowest BCUT2D eigenvalue weighted by Gasteiger charge is -2.08. The Bertz CT molecular complexity index is 515. The fraction of sp³-hybridized carbons (Fsp3) is 0.538. The molecule has 0 amide bonds. The van der Waals surface area contributed by atoms with E-state index in [4.69, 9.17) is 0 Å². The molecule has 1 unspecified atom stereocenters. The van der Waals surface area contributed by atoms with Crippen molar-refractivity contribution in [3.05, 3.63) is 35.4 Å². The van der Waals surface area contributed by atoms with Crippen LogP contribution in [0.1, 0.15) is 36.4 Å². The van der Waals surface area contributed by atoms with Crippen molar-refractivity contribution in [2.75, 3.05) is 0 Å². The van der Waals surface area contributed by atoms with Crippen LogP contribution in [-0.4, -0.2) is 24.7 Å². The van der Waals surface area contributed by atoms with Crippen molar-refractivity contribution < 1.29 is 5.11 Å². The zero-order valence-corrected chi connectivity index (χ0v) is 11.2. The maximum atomic E-state index is 10.2. The minimum Gasteiger partial charge on any atom is -0.388 e. The highest BCUT2D eigenvalue weighted by Gasteiger charge is 2.13. The average molecular weight is 248 g/mol. The first-order valence-corrected chi connectivity index (χ1v) is 6.30. The van der Waals surface area contributed by atoms with Gasteiger partial charge in [-0.15, -0.1) is 0 Å². The summed E-state index contributed by atoms with van der Waals surface area (Å²) in [5, 5.41) is 18.7. The van der Waals surface area contributed by atoms with E-state index < -0.39 is 6.10 Å². The Morgan fingerprint density at radius 1 is 1.44 bits per heavy atom. The van der Waals surface area contributed by atoms with Crippen molar-refractivity contribution in [3.8, 4) is 0 Å². The van der Waals surface area contributed by atoms with Crippen molar-refractivity contribution in [2.45, 2.75) is 39.3 Å². The van der Waals surface area contributed by atoms with E-state index in [-0.39, 0.29) is 0 Å². The second kappa shape index (κ2) is 5.35. The predicted octanol–water partition coefficient (Wildman–Crippen LogP) is 1.61. The van der Waals surface area contributed by atoms with Gasteiger partial charge in [-0.2, -0.15) is 10.2 Å². The van der Waals surface area contributed by atoms with Crippen molar-refractivity contribution >= 4 is 0 Å². The van der Waals surface area contributed by atoms with Gasteiger partial charge in [0.25, 0.3) is 0 Å². The first kappa shape index (κ1) is 12.8. The Hall–Kier alpha value is -1.62. The standard InChI is InChI=1S/C13H20N4O/c1-4-5-17-9-11(8-14-17)13(18)7-12-6-10(2)15-16(12)3/h6,8-9,13,18H,4-5,7H2,1-3H3. The summed E-state index contributed by atoms with van der Waals surface area (Å²) in [4.78, 5) is 0. The summed E-state index contributed by atoms with van der Waals surface area (Å²) in [5.41, 5.74) is 2.87. The maximum absolute atomic E-state index is 10.2. The smallest absolute Gasteiger partial charge is 0.0875 e. The average Bonchev–Trinajstić information content (AvgIpc) is 2.87. The number of aliphatic hydroxyl groups is 1. The fourth-order valence-corrected chi connectivity index (χ4v) is 2.07. The summed E-state index contributed by atoms with van der Waals surface area (Å²) in [6, 6.07) is 2.00. The van der Waals surface area contributed by atoms with Crippen LogP contribution in [0, 0.1) is 6.92 Å². The third-order valence-corrected chi connectivity index (χ3v) is 2.99. The lowest BCUT2D eigenvalue weighted by atomic mass is 10.1. The fourth-order valence-electron chi connectivity index (χ4n) is 2.07. The minimum absolute atomic E-state index is 0.523. The Morgan fingerprint density at radius 3 is 2.83 bits per heavy atom. The lowest BCUT2D eigenvalue weighted by molar-refractivity contribution is 0.175. The van der Waals surface area contributed by atoms with E-state index in [1.807, 2.05) is 35.6 Å². The molecule has 0 spiro atoms. The molecule has 2 rings (SSSR count). The molecule has 0 aliphatic rings. The van der Waals surface area contributed by atoms with E-state index in [0.717, 1.165) is 29.9 Å². The van der Waals surface area contributed by atoms with Crippen LogP contribution in [-0.2, 0) is 20.0 Å². The molecular formula is C13H20N4O. The first-order chi connectivity index (χ1) is 8.60. The first-order valence-electron chi connectivity index (χ1n) is 6.30. The van der Waals surface area contributed by atoms with Gasteiger partial charge in [0.2, 0.25) is 0 Å². The van der Waals surface area contributed by atoms with Crippen molar-refractivity contribution in [3.63, 3.8) is 0 Å². The van der Waals surface area contributed by atoms with Crippen LogP contribution < -0.4 is 0 Å². The van der Waals surface area contributed by atoms with Gasteiger partial charge < -0.3 is 5.11 Å². The van der Waals surface area contributed by atoms with Crippen LogP contribution in [0.3, 0.4) is 0 Å². The van der Waals surface area contributed by atoms with E-state index in [9.17, 15) is 5.11 Å². The third-order valence-electron chi connectivity index (χ3n) is 2.99. The van der Waals surface area contributed by atoms with E-state index >= 15 is 0 Å². The molecule has 0 saturated carbocycles. The molecule has 18 heavy (non-hydrogen) atoms. The highest BCUT2D eigenvalue weighted by molar-refractivity contribution is 5.15. The largest absolute Gasteiger partial charge is 0.388 e. The van der Waals surface area contributed by atoms with Gasteiger partial charge in [-0.3, -0.25) is 9.36 Å². The molecule has 2 heterocycles. The number of nitrogens with zero attached hydrogens (tertiary/aromatic N) is 4. The topological polar surface area (TPSA) is 55.9 Å². The van der Waals surface area contributed by atoms with Gasteiger partial charge in [0, 0.05) is 37.5 Å². The van der Waals surface area contributed by atoms with Crippen LogP contribution in [0.4, 0.5) is 0 Å². The summed E-state index contributed by atoms with van der Waals surface area (Å²) in [7, 11) is 1.90. The monoisotopic (exact) mass is 248 g/mol. The van der Waals surface area contributed by atoms with Crippen molar-refractivity contribution in [1.29, 1.82) is 0 Å². The molecule has 0 aliphatic heterocycles. The van der Waals surface area contributed by atoms with Gasteiger partial charge in [-0.25, -0.2) is 0 Å². The molecular weight excluding hydrogens is 228 g/mol. The summed E-state index contributed by atoms with van der Waals surface area (Å²) in [5.74, 6) is 0. The summed E-state index contributed by atoms with van der Waals surface area (Å²) in [6.07, 6.45) is 4.74. The Balaban J connectivity index is 2.06. The molecule has 2 aromatic heterocycles. The molecule has 0 fully saturated rings. The molecule has 5 heteroatoms. The minimum atomic E-state index is -0.523. The molecule has 0 aliphatic carbocycles. The second-order valence-electron chi connectivity index (χ2n) is 4.66. The van der Waals surface area contributed by atoms with Crippen molar-refractivity contribution in [1.82, 2.24) is 19.6 Å². The molecule has 0 radical (unpaired) electrons. The maximum Gasteiger partial charge on any atom is 0.0875 e. The van der Waals surface area contributed by atoms with Gasteiger partial charge >= 0.3 is 0 Å². The molecule has 5 nitrogen and oxygen atoms in total. The highest BCUT2D eigenvalue weighted by Crippen LogP contribution is 2.18. The van der Waals surface area contributed by atoms with E-state index in [0.29, 0.717) is 6.42 Å². The number of hydrogen-bond acceptors (Lipinski definition) is 3. The van der Waals surface area contributed by atoms with Crippen LogP contribution >= 0.6 is 0 Å². The van der Waals surface area contributed by atoms with Gasteiger partial charge in [0.05, 0.1) is 18.0 Å². The van der Waals surface area contributed by atoms with Gasteiger partial charge in [-0.05, 0) is 19.4 Å². The molecule has 0 saturated heterocycles. The zero-order chi connectivity index (χ0) is 13.1. The van der Waals surface area contributed by atoms with Crippen molar-refractivity contribution in [2.24, 2.45) is 7.05 Å². The molecule has 0 bridgehead atoms. The second-order valence-corrected chi connectivity index (χ2v) is 4.66. The quantitative estimate of drug-likeness (QED) is 0.874. The third kappa shape index (κ3) is 2.79. The van der Waals surface area contributed by atoms with Gasteiger partial charge in [0.15, 0.2) is 0 Å². The highest BCUT2D eigenvalue weighted by atomic mass is 16.3. The SMILES string of the molecule is CCCn1cc(C(O)Cc2cc(C)nn2C)cn1. The van der Waals surface area contributed by atoms with Gasteiger partial charge in [-0.1, -0.05) is 6.92 Å². The number of aryl methyl sites for hydroxylation is 3. The normalized spacial score (nSPS) is 12.9. The Kier molecular flexibility index (Phi) is 3.81. The predicted molar refractivity (Wildman–Crippen MR) is 69.1 cm³/mol. The zero-order valence-electron chi connectivity index (χ0n) is 11.2. The van der Waals surface area contributed by atoms with Crippen LogP contribution in [0.15, 0.2) is 18.5 Å². The number of rotatable bonds is 5. The summed E-state index contributed by atoms with van der Waals surface area (Å²) in [6.45, 7) is 4.95. The molecule has 1 N–H and O–H groups in total. The van der Waals surface area contributed by atoms with Crippen LogP contribution in [0.25, 0.3) is 0 Å². The molecule has 1 atom stereocenters. The van der Waals surface area contributed by atoms with E-state index in [1.54, 1.807) is 6.20 Å². The molecule has 98 valence electrons.